The van der Waals surface area contributed by atoms with Crippen LogP contribution in [0, 0.1) is 23.2 Å². The summed E-state index contributed by atoms with van der Waals surface area (Å²) in [6, 6.07) is 4.02. The predicted molar refractivity (Wildman–Crippen MR) is 70.8 cm³/mol. The molecule has 0 unspecified atom stereocenters. The van der Waals surface area contributed by atoms with Gasteiger partial charge in [0.1, 0.15) is 6.07 Å². The van der Waals surface area contributed by atoms with E-state index in [0.29, 0.717) is 17.4 Å². The molecule has 0 spiro atoms. The zero-order valence-electron chi connectivity index (χ0n) is 11.1. The first-order chi connectivity index (χ1) is 8.04. The van der Waals surface area contributed by atoms with Crippen molar-refractivity contribution in [3.8, 4) is 6.07 Å². The first kappa shape index (κ1) is 13.5. The Labute approximate surface area is 104 Å². The Bertz CT molecular complexity index is 381. The van der Waals surface area contributed by atoms with Crippen LogP contribution in [0.1, 0.15) is 33.3 Å². The average Bonchev–Trinajstić information content (AvgIpc) is 2.27. The monoisotopic (exact) mass is 231 g/mol. The van der Waals surface area contributed by atoms with Crippen molar-refractivity contribution in [2.24, 2.45) is 11.8 Å². The van der Waals surface area contributed by atoms with Crippen LogP contribution in [0.2, 0.25) is 0 Å². The number of hydrogen-bond donors (Lipinski definition) is 0. The minimum absolute atomic E-state index is 0.570. The maximum Gasteiger partial charge on any atom is 0.101 e. The summed E-state index contributed by atoms with van der Waals surface area (Å²) in [5.41, 5.74) is 1.67. The number of hydrogen-bond acceptors (Lipinski definition) is 3. The molecule has 0 atom stereocenters. The lowest BCUT2D eigenvalue weighted by molar-refractivity contribution is 0.552. The normalized spacial score (nSPS) is 10.6. The number of anilines is 1. The molecule has 0 saturated heterocycles. The second-order valence-corrected chi connectivity index (χ2v) is 5.20. The molecule has 1 rings (SSSR count). The number of nitriles is 1. The maximum absolute atomic E-state index is 9.13. The molecule has 0 bridgehead atoms. The van der Waals surface area contributed by atoms with Crippen molar-refractivity contribution in [3.05, 3.63) is 24.0 Å². The summed E-state index contributed by atoms with van der Waals surface area (Å²) in [6.07, 6.45) is 3.47. The quantitative estimate of drug-likeness (QED) is 0.782. The van der Waals surface area contributed by atoms with E-state index >= 15 is 0 Å². The second-order valence-electron chi connectivity index (χ2n) is 5.20. The Kier molecular flexibility index (Phi) is 4.96. The molecule has 1 aromatic rings. The van der Waals surface area contributed by atoms with Crippen molar-refractivity contribution in [3.63, 3.8) is 0 Å². The van der Waals surface area contributed by atoms with E-state index < -0.39 is 0 Å². The van der Waals surface area contributed by atoms with Crippen LogP contribution in [0.25, 0.3) is 0 Å². The van der Waals surface area contributed by atoms with Crippen LogP contribution in [0.5, 0.6) is 0 Å². The molecule has 3 nitrogen and oxygen atoms in total. The Morgan fingerprint density at radius 1 is 1.24 bits per heavy atom. The molecule has 1 heterocycles. The largest absolute Gasteiger partial charge is 0.369 e. The third-order valence-corrected chi connectivity index (χ3v) is 2.43. The average molecular weight is 231 g/mol. The van der Waals surface area contributed by atoms with E-state index in [1.807, 2.05) is 0 Å². The zero-order valence-corrected chi connectivity index (χ0v) is 11.1. The summed E-state index contributed by atoms with van der Waals surface area (Å²) in [5, 5.41) is 9.13. The smallest absolute Gasteiger partial charge is 0.101 e. The lowest BCUT2D eigenvalue weighted by Crippen LogP contribution is -2.32. The number of rotatable bonds is 5. The number of aromatic nitrogens is 1. The third kappa shape index (κ3) is 4.07. The Balaban J connectivity index is 2.99. The van der Waals surface area contributed by atoms with E-state index in [1.165, 1.54) is 0 Å². The number of nitrogens with zero attached hydrogens (tertiary/aromatic N) is 3. The molecule has 0 N–H and O–H groups in total. The molecule has 0 radical (unpaired) electrons. The fourth-order valence-corrected chi connectivity index (χ4v) is 1.89. The van der Waals surface area contributed by atoms with Crippen LogP contribution in [0.15, 0.2) is 18.5 Å². The summed E-state index contributed by atoms with van der Waals surface area (Å²) in [4.78, 5) is 6.40. The highest BCUT2D eigenvalue weighted by molar-refractivity contribution is 5.57. The van der Waals surface area contributed by atoms with E-state index in [4.69, 9.17) is 5.26 Å². The molecular formula is C14H21N3. The highest BCUT2D eigenvalue weighted by Crippen LogP contribution is 2.20. The third-order valence-electron chi connectivity index (χ3n) is 2.43. The molecule has 0 amide bonds. The Morgan fingerprint density at radius 2 is 1.82 bits per heavy atom. The lowest BCUT2D eigenvalue weighted by Gasteiger charge is -2.28. The molecule has 17 heavy (non-hydrogen) atoms. The summed E-state index contributed by atoms with van der Waals surface area (Å²) in [7, 11) is 0. The van der Waals surface area contributed by atoms with E-state index in [9.17, 15) is 0 Å². The molecular weight excluding hydrogens is 210 g/mol. The van der Waals surface area contributed by atoms with Crippen molar-refractivity contribution in [2.45, 2.75) is 27.7 Å². The van der Waals surface area contributed by atoms with Crippen LogP contribution in [0.3, 0.4) is 0 Å². The highest BCUT2D eigenvalue weighted by atomic mass is 15.1. The zero-order chi connectivity index (χ0) is 12.8. The molecule has 0 aliphatic heterocycles. The van der Waals surface area contributed by atoms with E-state index in [-0.39, 0.29) is 0 Å². The topological polar surface area (TPSA) is 39.9 Å². The summed E-state index contributed by atoms with van der Waals surface area (Å²) >= 11 is 0. The second kappa shape index (κ2) is 6.24. The highest BCUT2D eigenvalue weighted by Gasteiger charge is 2.14. The van der Waals surface area contributed by atoms with Crippen LogP contribution in [0.4, 0.5) is 5.69 Å². The van der Waals surface area contributed by atoms with E-state index in [0.717, 1.165) is 18.8 Å². The van der Waals surface area contributed by atoms with Crippen molar-refractivity contribution in [1.82, 2.24) is 4.98 Å². The van der Waals surface area contributed by atoms with Gasteiger partial charge in [-0.05, 0) is 17.9 Å². The SMILES string of the molecule is CC(C)CN(CC(C)C)c1cnccc1C#N. The molecule has 0 fully saturated rings. The minimum atomic E-state index is 0.570. The summed E-state index contributed by atoms with van der Waals surface area (Å²) in [6.45, 7) is 10.7. The van der Waals surface area contributed by atoms with E-state index in [2.05, 4.69) is 43.6 Å². The summed E-state index contributed by atoms with van der Waals surface area (Å²) < 4.78 is 0. The molecule has 0 aliphatic rings. The first-order valence-corrected chi connectivity index (χ1v) is 6.13. The lowest BCUT2D eigenvalue weighted by atomic mass is 10.1. The van der Waals surface area contributed by atoms with Crippen molar-refractivity contribution >= 4 is 5.69 Å². The molecule has 0 aliphatic carbocycles. The molecule has 0 aromatic carbocycles. The summed E-state index contributed by atoms with van der Waals surface area (Å²) in [5.74, 6) is 1.14. The predicted octanol–water partition coefficient (Wildman–Crippen LogP) is 3.07. The van der Waals surface area contributed by atoms with Gasteiger partial charge in [0, 0.05) is 19.3 Å². The van der Waals surface area contributed by atoms with Gasteiger partial charge in [0.25, 0.3) is 0 Å². The van der Waals surface area contributed by atoms with Crippen molar-refractivity contribution < 1.29 is 0 Å². The molecule has 1 aromatic heterocycles. The molecule has 92 valence electrons. The van der Waals surface area contributed by atoms with Gasteiger partial charge in [-0.25, -0.2) is 0 Å². The van der Waals surface area contributed by atoms with Gasteiger partial charge in [0.2, 0.25) is 0 Å². The van der Waals surface area contributed by atoms with Crippen LogP contribution >= 0.6 is 0 Å². The Hall–Kier alpha value is -1.56. The van der Waals surface area contributed by atoms with Gasteiger partial charge in [-0.3, -0.25) is 4.98 Å². The van der Waals surface area contributed by atoms with Gasteiger partial charge < -0.3 is 4.90 Å². The van der Waals surface area contributed by atoms with Crippen LogP contribution in [-0.4, -0.2) is 18.1 Å². The minimum Gasteiger partial charge on any atom is -0.369 e. The number of pyridine rings is 1. The van der Waals surface area contributed by atoms with Crippen molar-refractivity contribution in [2.75, 3.05) is 18.0 Å². The van der Waals surface area contributed by atoms with Gasteiger partial charge in [-0.15, -0.1) is 0 Å². The van der Waals surface area contributed by atoms with E-state index in [1.54, 1.807) is 18.5 Å². The van der Waals surface area contributed by atoms with Gasteiger partial charge in [-0.1, -0.05) is 27.7 Å². The standard InChI is InChI=1S/C14H21N3/c1-11(2)9-17(10-12(3)4)14-8-16-6-5-13(14)7-15/h5-6,8,11-12H,9-10H2,1-4H3. The maximum atomic E-state index is 9.13. The van der Waals surface area contributed by atoms with Gasteiger partial charge in [0.05, 0.1) is 17.4 Å². The van der Waals surface area contributed by atoms with Crippen LogP contribution in [-0.2, 0) is 0 Å². The molecule has 3 heteroatoms. The van der Waals surface area contributed by atoms with Crippen LogP contribution < -0.4 is 4.90 Å². The van der Waals surface area contributed by atoms with Crippen molar-refractivity contribution in [1.29, 1.82) is 5.26 Å². The van der Waals surface area contributed by atoms with Gasteiger partial charge in [-0.2, -0.15) is 5.26 Å². The fraction of sp³-hybridized carbons (Fsp3) is 0.571. The van der Waals surface area contributed by atoms with Gasteiger partial charge in [0.15, 0.2) is 0 Å². The molecule has 0 saturated carbocycles. The fourth-order valence-electron chi connectivity index (χ4n) is 1.89. The van der Waals surface area contributed by atoms with Gasteiger partial charge >= 0.3 is 0 Å². The first-order valence-electron chi connectivity index (χ1n) is 6.13. The Morgan fingerprint density at radius 3 is 2.29 bits per heavy atom.